The lowest BCUT2D eigenvalue weighted by Crippen LogP contribution is -2.02. The fraction of sp³-hybridized carbons (Fsp3) is 0.333. The summed E-state index contributed by atoms with van der Waals surface area (Å²) in [5, 5.41) is 4.39. The van der Waals surface area contributed by atoms with Gasteiger partial charge in [-0.05, 0) is 18.6 Å². The van der Waals surface area contributed by atoms with Crippen molar-refractivity contribution in [1.82, 2.24) is 9.97 Å². The minimum Gasteiger partial charge on any atom is -0.379 e. The van der Waals surface area contributed by atoms with Crippen LogP contribution in [0.25, 0.3) is 0 Å². The van der Waals surface area contributed by atoms with Crippen LogP contribution in [0.4, 0.5) is 5.69 Å². The van der Waals surface area contributed by atoms with E-state index in [4.69, 9.17) is 0 Å². The van der Waals surface area contributed by atoms with Gasteiger partial charge in [0.2, 0.25) is 0 Å². The zero-order chi connectivity index (χ0) is 13.9. The Morgan fingerprint density at radius 1 is 1.26 bits per heavy atom. The summed E-state index contributed by atoms with van der Waals surface area (Å²) in [4.78, 5) is 9.34. The molecular weight excluding hydrogens is 282 g/mol. The van der Waals surface area contributed by atoms with E-state index in [0.717, 1.165) is 28.2 Å². The van der Waals surface area contributed by atoms with Crippen LogP contribution in [0.3, 0.4) is 0 Å². The van der Waals surface area contributed by atoms with Crippen molar-refractivity contribution >= 4 is 26.9 Å². The van der Waals surface area contributed by atoms with Crippen molar-refractivity contribution in [3.05, 3.63) is 34.4 Å². The highest BCUT2D eigenvalue weighted by Gasteiger charge is 2.08. The number of hydrogen-bond donors (Lipinski definition) is 1. The maximum atomic E-state index is 11.3. The number of sulfone groups is 1. The molecule has 2 heterocycles. The fourth-order valence-corrected chi connectivity index (χ4v) is 2.85. The third-order valence-corrected chi connectivity index (χ3v) is 4.63. The van der Waals surface area contributed by atoms with E-state index in [1.165, 1.54) is 12.3 Å². The Morgan fingerprint density at radius 3 is 2.58 bits per heavy atom. The number of aromatic nitrogens is 2. The molecule has 2 rings (SSSR count). The molecule has 0 fully saturated rings. The first-order valence-corrected chi connectivity index (χ1v) is 8.53. The van der Waals surface area contributed by atoms with Gasteiger partial charge in [0, 0.05) is 17.3 Å². The smallest absolute Gasteiger partial charge is 0.192 e. The molecule has 0 aliphatic carbocycles. The van der Waals surface area contributed by atoms with Gasteiger partial charge in [-0.1, -0.05) is 6.92 Å². The van der Waals surface area contributed by atoms with Crippen molar-refractivity contribution in [2.45, 2.75) is 24.9 Å². The molecule has 5 nitrogen and oxygen atoms in total. The lowest BCUT2D eigenvalue weighted by Gasteiger charge is -2.04. The predicted octanol–water partition coefficient (Wildman–Crippen LogP) is 2.12. The molecule has 1 N–H and O–H groups in total. The lowest BCUT2D eigenvalue weighted by molar-refractivity contribution is 0.598. The van der Waals surface area contributed by atoms with Crippen LogP contribution in [-0.4, -0.2) is 24.6 Å². The summed E-state index contributed by atoms with van der Waals surface area (Å²) in [6, 6.07) is 3.22. The van der Waals surface area contributed by atoms with E-state index in [2.05, 4.69) is 22.2 Å². The second-order valence-electron chi connectivity index (χ2n) is 4.08. The zero-order valence-corrected chi connectivity index (χ0v) is 12.4. The van der Waals surface area contributed by atoms with E-state index in [1.807, 2.05) is 6.20 Å². The standard InChI is InChI=1S/C12H15N3O2S2/c1-3-11-14-8-10(18-11)7-13-9-4-5-12(15-6-9)19(2,16)17/h4-6,8,13H,3,7H2,1-2H3. The predicted molar refractivity (Wildman–Crippen MR) is 76.2 cm³/mol. The number of rotatable bonds is 5. The van der Waals surface area contributed by atoms with Crippen molar-refractivity contribution in [3.8, 4) is 0 Å². The molecule has 102 valence electrons. The number of anilines is 1. The van der Waals surface area contributed by atoms with Crippen LogP contribution in [-0.2, 0) is 22.8 Å². The van der Waals surface area contributed by atoms with Crippen LogP contribution < -0.4 is 5.32 Å². The summed E-state index contributed by atoms with van der Waals surface area (Å²) in [6.45, 7) is 2.74. The highest BCUT2D eigenvalue weighted by Crippen LogP contribution is 2.16. The van der Waals surface area contributed by atoms with E-state index < -0.39 is 9.84 Å². The molecule has 19 heavy (non-hydrogen) atoms. The van der Waals surface area contributed by atoms with Crippen LogP contribution in [0.15, 0.2) is 29.6 Å². The average Bonchev–Trinajstić information content (AvgIpc) is 2.84. The molecular formula is C12H15N3O2S2. The molecule has 0 radical (unpaired) electrons. The topological polar surface area (TPSA) is 72.0 Å². The fourth-order valence-electron chi connectivity index (χ4n) is 1.49. The van der Waals surface area contributed by atoms with Gasteiger partial charge in [-0.3, -0.25) is 0 Å². The average molecular weight is 297 g/mol. The van der Waals surface area contributed by atoms with Gasteiger partial charge in [0.15, 0.2) is 14.9 Å². The monoisotopic (exact) mass is 297 g/mol. The van der Waals surface area contributed by atoms with E-state index >= 15 is 0 Å². The molecule has 0 spiro atoms. The number of pyridine rings is 1. The molecule has 2 aromatic heterocycles. The Bertz CT molecular complexity index is 648. The third kappa shape index (κ3) is 3.74. The largest absolute Gasteiger partial charge is 0.379 e. The van der Waals surface area contributed by atoms with Gasteiger partial charge in [0.05, 0.1) is 23.4 Å². The van der Waals surface area contributed by atoms with Crippen molar-refractivity contribution in [3.63, 3.8) is 0 Å². The van der Waals surface area contributed by atoms with Crippen LogP contribution in [0.1, 0.15) is 16.8 Å². The summed E-state index contributed by atoms with van der Waals surface area (Å²) in [5.41, 5.74) is 0.791. The van der Waals surface area contributed by atoms with Gasteiger partial charge in [0.1, 0.15) is 0 Å². The second kappa shape index (κ2) is 5.66. The van der Waals surface area contributed by atoms with E-state index in [0.29, 0.717) is 6.54 Å². The van der Waals surface area contributed by atoms with Gasteiger partial charge >= 0.3 is 0 Å². The second-order valence-corrected chi connectivity index (χ2v) is 7.25. The molecule has 2 aromatic rings. The summed E-state index contributed by atoms with van der Waals surface area (Å²) in [7, 11) is -3.23. The number of nitrogens with one attached hydrogen (secondary N) is 1. The number of hydrogen-bond acceptors (Lipinski definition) is 6. The first kappa shape index (κ1) is 14.0. The van der Waals surface area contributed by atoms with Gasteiger partial charge < -0.3 is 5.32 Å². The summed E-state index contributed by atoms with van der Waals surface area (Å²) < 4.78 is 22.5. The maximum Gasteiger partial charge on any atom is 0.192 e. The van der Waals surface area contributed by atoms with Crippen molar-refractivity contribution < 1.29 is 8.42 Å². The Kier molecular flexibility index (Phi) is 4.16. The Morgan fingerprint density at radius 2 is 2.05 bits per heavy atom. The quantitative estimate of drug-likeness (QED) is 0.915. The highest BCUT2D eigenvalue weighted by molar-refractivity contribution is 7.90. The third-order valence-electron chi connectivity index (χ3n) is 2.49. The van der Waals surface area contributed by atoms with Crippen LogP contribution >= 0.6 is 11.3 Å². The minimum atomic E-state index is -3.23. The van der Waals surface area contributed by atoms with Crippen molar-refractivity contribution in [2.24, 2.45) is 0 Å². The van der Waals surface area contributed by atoms with Crippen LogP contribution in [0.2, 0.25) is 0 Å². The lowest BCUT2D eigenvalue weighted by atomic mass is 10.4. The molecule has 0 bridgehead atoms. The molecule has 0 amide bonds. The van der Waals surface area contributed by atoms with Gasteiger partial charge in [0.25, 0.3) is 0 Å². The summed E-state index contributed by atoms with van der Waals surface area (Å²) in [5.74, 6) is 0. The minimum absolute atomic E-state index is 0.0871. The SMILES string of the molecule is CCc1ncc(CNc2ccc(S(C)(=O)=O)nc2)s1. The van der Waals surface area contributed by atoms with E-state index in [1.54, 1.807) is 17.4 Å². The molecule has 0 atom stereocenters. The summed E-state index contributed by atoms with van der Waals surface area (Å²) >= 11 is 1.67. The molecule has 0 saturated heterocycles. The molecule has 0 unspecified atom stereocenters. The maximum absolute atomic E-state index is 11.3. The molecule has 0 saturated carbocycles. The Hall–Kier alpha value is -1.47. The summed E-state index contributed by atoms with van der Waals surface area (Å²) in [6.07, 6.45) is 5.47. The van der Waals surface area contributed by atoms with Crippen LogP contribution in [0, 0.1) is 0 Å². The number of nitrogens with zero attached hydrogens (tertiary/aromatic N) is 2. The first-order chi connectivity index (χ1) is 8.99. The Labute approximate surface area is 116 Å². The molecule has 0 aromatic carbocycles. The van der Waals surface area contributed by atoms with Crippen molar-refractivity contribution in [1.29, 1.82) is 0 Å². The molecule has 0 aliphatic rings. The first-order valence-electron chi connectivity index (χ1n) is 5.82. The van der Waals surface area contributed by atoms with Gasteiger partial charge in [-0.2, -0.15) is 0 Å². The van der Waals surface area contributed by atoms with Gasteiger partial charge in [-0.25, -0.2) is 18.4 Å². The normalized spacial score (nSPS) is 11.5. The van der Waals surface area contributed by atoms with E-state index in [-0.39, 0.29) is 5.03 Å². The van der Waals surface area contributed by atoms with E-state index in [9.17, 15) is 8.42 Å². The highest BCUT2D eigenvalue weighted by atomic mass is 32.2. The number of aryl methyl sites for hydroxylation is 1. The molecule has 7 heteroatoms. The van der Waals surface area contributed by atoms with Crippen LogP contribution in [0.5, 0.6) is 0 Å². The Balaban J connectivity index is 2.00. The zero-order valence-electron chi connectivity index (χ0n) is 10.8. The van der Waals surface area contributed by atoms with Crippen molar-refractivity contribution in [2.75, 3.05) is 11.6 Å². The number of thiazole rings is 1. The van der Waals surface area contributed by atoms with Gasteiger partial charge in [-0.15, -0.1) is 11.3 Å². The molecule has 0 aliphatic heterocycles.